The topological polar surface area (TPSA) is 50.8 Å². The van der Waals surface area contributed by atoms with Crippen LogP contribution in [0, 0.1) is 5.92 Å². The average Bonchev–Trinajstić information content (AvgIpc) is 2.96. The van der Waals surface area contributed by atoms with E-state index in [0.29, 0.717) is 12.3 Å². The Hall–Kier alpha value is -1.75. The van der Waals surface area contributed by atoms with E-state index < -0.39 is 0 Å². The Balaban J connectivity index is 2.02. The van der Waals surface area contributed by atoms with E-state index in [1.54, 1.807) is 14.2 Å². The van der Waals surface area contributed by atoms with Gasteiger partial charge in [-0.25, -0.2) is 0 Å². The number of hydrogen-bond donors (Lipinski definition) is 1. The number of methoxy groups -OCH3 is 2. The van der Waals surface area contributed by atoms with E-state index in [1.807, 2.05) is 30.1 Å². The molecule has 5 heteroatoms. The lowest BCUT2D eigenvalue weighted by atomic mass is 10.1. The monoisotopic (exact) mass is 292 g/mol. The lowest BCUT2D eigenvalue weighted by Gasteiger charge is -2.18. The minimum absolute atomic E-state index is 0.153. The molecule has 1 aromatic carbocycles. The highest BCUT2D eigenvalue weighted by atomic mass is 16.5. The normalized spacial score (nSPS) is 17.9. The first-order valence-corrected chi connectivity index (χ1v) is 7.31. The smallest absolute Gasteiger partial charge is 0.227 e. The Kier molecular flexibility index (Phi) is 5.44. The molecule has 1 amide bonds. The number of nitrogens with zero attached hydrogens (tertiary/aromatic N) is 1. The SMILES string of the molecule is CNCC1CCN(C(=O)Cc2cc(OC)ccc2OC)C1. The summed E-state index contributed by atoms with van der Waals surface area (Å²) in [5, 5.41) is 3.18. The number of likely N-dealkylation sites (tertiary alicyclic amines) is 1. The molecular weight excluding hydrogens is 268 g/mol. The third-order valence-electron chi connectivity index (χ3n) is 3.96. The summed E-state index contributed by atoms with van der Waals surface area (Å²) in [5.74, 6) is 2.19. The van der Waals surface area contributed by atoms with Crippen LogP contribution >= 0.6 is 0 Å². The van der Waals surface area contributed by atoms with E-state index in [2.05, 4.69) is 5.32 Å². The Morgan fingerprint density at radius 3 is 2.86 bits per heavy atom. The number of carbonyl (C=O) groups excluding carboxylic acids is 1. The number of amides is 1. The Morgan fingerprint density at radius 1 is 1.38 bits per heavy atom. The molecule has 0 aromatic heterocycles. The predicted octanol–water partition coefficient (Wildman–Crippen LogP) is 1.31. The quantitative estimate of drug-likeness (QED) is 0.859. The minimum Gasteiger partial charge on any atom is -0.497 e. The van der Waals surface area contributed by atoms with Crippen molar-refractivity contribution < 1.29 is 14.3 Å². The summed E-state index contributed by atoms with van der Waals surface area (Å²) in [6.45, 7) is 2.65. The minimum atomic E-state index is 0.153. The maximum Gasteiger partial charge on any atom is 0.227 e. The zero-order valence-electron chi connectivity index (χ0n) is 13.0. The molecule has 0 saturated carbocycles. The van der Waals surface area contributed by atoms with Crippen LogP contribution in [0.25, 0.3) is 0 Å². The molecule has 1 saturated heterocycles. The van der Waals surface area contributed by atoms with Gasteiger partial charge < -0.3 is 19.7 Å². The fraction of sp³-hybridized carbons (Fsp3) is 0.562. The average molecular weight is 292 g/mol. The van der Waals surface area contributed by atoms with E-state index in [-0.39, 0.29) is 5.91 Å². The van der Waals surface area contributed by atoms with Crippen molar-refractivity contribution in [2.24, 2.45) is 5.92 Å². The first-order valence-electron chi connectivity index (χ1n) is 7.31. The second-order valence-electron chi connectivity index (χ2n) is 5.41. The Bertz CT molecular complexity index is 490. The maximum atomic E-state index is 12.4. The molecule has 0 radical (unpaired) electrons. The van der Waals surface area contributed by atoms with Crippen LogP contribution in [-0.2, 0) is 11.2 Å². The third kappa shape index (κ3) is 3.88. The summed E-state index contributed by atoms with van der Waals surface area (Å²) in [4.78, 5) is 14.4. The zero-order chi connectivity index (χ0) is 15.2. The first kappa shape index (κ1) is 15.6. The molecule has 1 aromatic rings. The van der Waals surface area contributed by atoms with Crippen molar-refractivity contribution in [3.05, 3.63) is 23.8 Å². The van der Waals surface area contributed by atoms with Crippen LogP contribution in [0.1, 0.15) is 12.0 Å². The number of ether oxygens (including phenoxy) is 2. The highest BCUT2D eigenvalue weighted by molar-refractivity contribution is 5.80. The number of carbonyl (C=O) groups is 1. The van der Waals surface area contributed by atoms with Gasteiger partial charge in [-0.2, -0.15) is 0 Å². The van der Waals surface area contributed by atoms with Crippen LogP contribution in [0.5, 0.6) is 11.5 Å². The second kappa shape index (κ2) is 7.31. The van der Waals surface area contributed by atoms with E-state index in [4.69, 9.17) is 9.47 Å². The van der Waals surface area contributed by atoms with Gasteiger partial charge in [0.1, 0.15) is 11.5 Å². The number of rotatable bonds is 6. The van der Waals surface area contributed by atoms with Gasteiger partial charge in [-0.1, -0.05) is 0 Å². The molecule has 0 spiro atoms. The van der Waals surface area contributed by atoms with Crippen molar-refractivity contribution in [2.75, 3.05) is 40.9 Å². The van der Waals surface area contributed by atoms with Crippen LogP contribution in [0.2, 0.25) is 0 Å². The van der Waals surface area contributed by atoms with E-state index in [1.165, 1.54) is 0 Å². The zero-order valence-corrected chi connectivity index (χ0v) is 13.0. The predicted molar refractivity (Wildman–Crippen MR) is 81.9 cm³/mol. The standard InChI is InChI=1S/C16H24N2O3/c1-17-10-12-6-7-18(11-12)16(19)9-13-8-14(20-2)4-5-15(13)21-3/h4-5,8,12,17H,6-7,9-11H2,1-3H3. The van der Waals surface area contributed by atoms with Gasteiger partial charge in [0, 0.05) is 18.7 Å². The molecule has 1 fully saturated rings. The number of hydrogen-bond acceptors (Lipinski definition) is 4. The van der Waals surface area contributed by atoms with Gasteiger partial charge in [0.15, 0.2) is 0 Å². The fourth-order valence-electron chi connectivity index (χ4n) is 2.81. The lowest BCUT2D eigenvalue weighted by molar-refractivity contribution is -0.129. The first-order chi connectivity index (χ1) is 10.2. The molecule has 1 N–H and O–H groups in total. The second-order valence-corrected chi connectivity index (χ2v) is 5.41. The molecular formula is C16H24N2O3. The molecule has 1 unspecified atom stereocenters. The van der Waals surface area contributed by atoms with Crippen molar-refractivity contribution in [2.45, 2.75) is 12.8 Å². The molecule has 1 aliphatic rings. The van der Waals surface area contributed by atoms with Gasteiger partial charge in [0.2, 0.25) is 5.91 Å². The summed E-state index contributed by atoms with van der Waals surface area (Å²) >= 11 is 0. The number of nitrogens with one attached hydrogen (secondary N) is 1. The summed E-state index contributed by atoms with van der Waals surface area (Å²) in [7, 11) is 5.19. The van der Waals surface area contributed by atoms with Crippen LogP contribution in [0.15, 0.2) is 18.2 Å². The molecule has 0 aliphatic carbocycles. The van der Waals surface area contributed by atoms with Crippen molar-refractivity contribution >= 4 is 5.91 Å². The molecule has 1 atom stereocenters. The van der Waals surface area contributed by atoms with Gasteiger partial charge in [-0.3, -0.25) is 4.79 Å². The van der Waals surface area contributed by atoms with Crippen molar-refractivity contribution in [3.63, 3.8) is 0 Å². The lowest BCUT2D eigenvalue weighted by Crippen LogP contribution is -2.31. The van der Waals surface area contributed by atoms with Gasteiger partial charge >= 0.3 is 0 Å². The van der Waals surface area contributed by atoms with Crippen LogP contribution in [-0.4, -0.2) is 51.7 Å². The van der Waals surface area contributed by atoms with Gasteiger partial charge in [0.25, 0.3) is 0 Å². The molecule has 116 valence electrons. The highest BCUT2D eigenvalue weighted by Gasteiger charge is 2.26. The van der Waals surface area contributed by atoms with E-state index in [0.717, 1.165) is 43.1 Å². The summed E-state index contributed by atoms with van der Waals surface area (Å²) in [6, 6.07) is 5.55. The molecule has 5 nitrogen and oxygen atoms in total. The van der Waals surface area contributed by atoms with E-state index >= 15 is 0 Å². The van der Waals surface area contributed by atoms with Gasteiger partial charge in [0.05, 0.1) is 20.6 Å². The van der Waals surface area contributed by atoms with Crippen molar-refractivity contribution in [1.29, 1.82) is 0 Å². The van der Waals surface area contributed by atoms with Gasteiger partial charge in [-0.05, 0) is 44.1 Å². The van der Waals surface area contributed by atoms with E-state index in [9.17, 15) is 4.79 Å². The largest absolute Gasteiger partial charge is 0.497 e. The Labute approximate surface area is 126 Å². The Morgan fingerprint density at radius 2 is 2.19 bits per heavy atom. The molecule has 0 bridgehead atoms. The van der Waals surface area contributed by atoms with Gasteiger partial charge in [-0.15, -0.1) is 0 Å². The summed E-state index contributed by atoms with van der Waals surface area (Å²) in [6.07, 6.45) is 1.43. The molecule has 2 rings (SSSR count). The molecule has 21 heavy (non-hydrogen) atoms. The third-order valence-corrected chi connectivity index (χ3v) is 3.96. The van der Waals surface area contributed by atoms with Crippen molar-refractivity contribution in [3.8, 4) is 11.5 Å². The summed E-state index contributed by atoms with van der Waals surface area (Å²) < 4.78 is 10.6. The maximum absolute atomic E-state index is 12.4. The number of benzene rings is 1. The van der Waals surface area contributed by atoms with Crippen LogP contribution in [0.4, 0.5) is 0 Å². The molecule has 1 heterocycles. The summed E-state index contributed by atoms with van der Waals surface area (Å²) in [5.41, 5.74) is 0.874. The van der Waals surface area contributed by atoms with Crippen LogP contribution < -0.4 is 14.8 Å². The molecule has 1 aliphatic heterocycles. The van der Waals surface area contributed by atoms with Crippen molar-refractivity contribution in [1.82, 2.24) is 10.2 Å². The fourth-order valence-corrected chi connectivity index (χ4v) is 2.81. The highest BCUT2D eigenvalue weighted by Crippen LogP contribution is 2.25. The van der Waals surface area contributed by atoms with Crippen LogP contribution in [0.3, 0.4) is 0 Å².